The smallest absolute Gasteiger partial charge is 0.408 e. The highest BCUT2D eigenvalue weighted by Gasteiger charge is 2.76. The van der Waals surface area contributed by atoms with Crippen molar-refractivity contribution in [2.75, 3.05) is 0 Å². The number of thioether (sulfide) groups is 1. The molecule has 11 heteroatoms. The van der Waals surface area contributed by atoms with E-state index in [9.17, 15) is 14.4 Å². The summed E-state index contributed by atoms with van der Waals surface area (Å²) in [6.45, 7) is 15.9. The predicted molar refractivity (Wildman–Crippen MR) is 125 cm³/mol. The second-order valence-corrected chi connectivity index (χ2v) is 13.2. The van der Waals surface area contributed by atoms with Gasteiger partial charge in [0.05, 0.1) is 12.1 Å². The fourth-order valence-corrected chi connectivity index (χ4v) is 5.84. The summed E-state index contributed by atoms with van der Waals surface area (Å²) >= 11 is 1.41. The van der Waals surface area contributed by atoms with E-state index in [0.717, 1.165) is 0 Å². The number of fused-ring (bicyclic) bond motifs is 1. The molecule has 0 radical (unpaired) electrons. The van der Waals surface area contributed by atoms with E-state index in [-0.39, 0.29) is 17.6 Å². The van der Waals surface area contributed by atoms with Gasteiger partial charge in [0.25, 0.3) is 0 Å². The number of hydrogen-bond acceptors (Lipinski definition) is 9. The molecule has 0 bridgehead atoms. The number of nitrogens with zero attached hydrogens (tertiary/aromatic N) is 2. The highest BCUT2D eigenvalue weighted by atomic mass is 32.2. The molecule has 1 heterocycles. The van der Waals surface area contributed by atoms with Crippen molar-refractivity contribution in [2.24, 2.45) is 17.8 Å². The van der Waals surface area contributed by atoms with Crippen LogP contribution < -0.4 is 5.32 Å². The number of carbonyl (C=O) groups is 3. The lowest BCUT2D eigenvalue weighted by atomic mass is 9.89. The van der Waals surface area contributed by atoms with Crippen LogP contribution in [0.3, 0.4) is 0 Å². The Morgan fingerprint density at radius 1 is 1.00 bits per heavy atom. The van der Waals surface area contributed by atoms with Crippen molar-refractivity contribution >= 4 is 29.8 Å². The zero-order valence-corrected chi connectivity index (χ0v) is 22.2. The van der Waals surface area contributed by atoms with Gasteiger partial charge in [0.15, 0.2) is 0 Å². The first-order chi connectivity index (χ1) is 15.4. The molecular formula is C23H36N4O6S. The molecule has 2 saturated carbocycles. The van der Waals surface area contributed by atoms with Crippen LogP contribution >= 0.6 is 11.8 Å². The molecule has 190 valence electrons. The normalized spacial score (nSPS) is 28.6. The van der Waals surface area contributed by atoms with E-state index < -0.39 is 52.2 Å². The summed E-state index contributed by atoms with van der Waals surface area (Å²) < 4.78 is 16.9. The monoisotopic (exact) mass is 496 g/mol. The van der Waals surface area contributed by atoms with Gasteiger partial charge in [0, 0.05) is 11.2 Å². The summed E-state index contributed by atoms with van der Waals surface area (Å²) in [6.07, 6.45) is 1.10. The molecule has 10 nitrogen and oxygen atoms in total. The molecule has 0 spiro atoms. The number of ether oxygens (including phenoxy) is 3. The molecule has 34 heavy (non-hydrogen) atoms. The zero-order chi connectivity index (χ0) is 25.7. The van der Waals surface area contributed by atoms with Crippen molar-refractivity contribution in [1.82, 2.24) is 20.7 Å². The van der Waals surface area contributed by atoms with Gasteiger partial charge in [-0.3, -0.25) is 4.79 Å². The number of aromatic amines is 1. The first-order valence-corrected chi connectivity index (χ1v) is 12.3. The Morgan fingerprint density at radius 2 is 1.59 bits per heavy atom. The van der Waals surface area contributed by atoms with Crippen molar-refractivity contribution in [1.29, 1.82) is 0 Å². The van der Waals surface area contributed by atoms with Gasteiger partial charge in [-0.05, 0) is 74.7 Å². The van der Waals surface area contributed by atoms with E-state index >= 15 is 0 Å². The molecular weight excluding hydrogens is 460 g/mol. The van der Waals surface area contributed by atoms with E-state index in [4.69, 9.17) is 14.2 Å². The topological polar surface area (TPSA) is 132 Å². The van der Waals surface area contributed by atoms with Crippen molar-refractivity contribution < 1.29 is 28.6 Å². The lowest BCUT2D eigenvalue weighted by Gasteiger charge is -2.35. The maximum atomic E-state index is 13.6. The summed E-state index contributed by atoms with van der Waals surface area (Å²) in [5.74, 6) is -2.25. The number of amides is 1. The van der Waals surface area contributed by atoms with E-state index in [1.54, 1.807) is 68.5 Å². The molecule has 1 aromatic rings. The van der Waals surface area contributed by atoms with E-state index in [0.29, 0.717) is 5.03 Å². The number of hydrogen-bond donors (Lipinski definition) is 2. The van der Waals surface area contributed by atoms with Crippen LogP contribution in [-0.2, 0) is 23.8 Å². The van der Waals surface area contributed by atoms with Gasteiger partial charge in [-0.1, -0.05) is 11.8 Å². The van der Waals surface area contributed by atoms with E-state index in [2.05, 4.69) is 20.7 Å². The van der Waals surface area contributed by atoms with E-state index in [1.807, 2.05) is 0 Å². The molecule has 2 aliphatic carbocycles. The summed E-state index contributed by atoms with van der Waals surface area (Å²) in [5.41, 5.74) is -3.68. The Labute approximate surface area is 204 Å². The fourth-order valence-electron chi connectivity index (χ4n) is 4.48. The largest absolute Gasteiger partial charge is 0.460 e. The van der Waals surface area contributed by atoms with Crippen LogP contribution in [0.5, 0.6) is 0 Å². The molecule has 0 saturated heterocycles. The fraction of sp³-hybridized carbons (Fsp3) is 0.783. The number of rotatable bonds is 5. The lowest BCUT2D eigenvalue weighted by Crippen LogP contribution is -2.59. The average Bonchev–Trinajstić information content (AvgIpc) is 3.00. The first kappa shape index (κ1) is 26.3. The third kappa shape index (κ3) is 6.03. The Balaban J connectivity index is 1.98. The van der Waals surface area contributed by atoms with Crippen LogP contribution in [0.25, 0.3) is 0 Å². The van der Waals surface area contributed by atoms with Gasteiger partial charge < -0.3 is 19.5 Å². The van der Waals surface area contributed by atoms with Crippen LogP contribution in [0.1, 0.15) is 68.7 Å². The molecule has 0 unspecified atom stereocenters. The number of aromatic nitrogens is 3. The van der Waals surface area contributed by atoms with Crippen molar-refractivity contribution in [3.05, 3.63) is 6.20 Å². The summed E-state index contributed by atoms with van der Waals surface area (Å²) in [6, 6.07) is 0. The Bertz CT molecular complexity index is 931. The van der Waals surface area contributed by atoms with Gasteiger partial charge in [-0.2, -0.15) is 10.3 Å². The quantitative estimate of drug-likeness (QED) is 0.464. The van der Waals surface area contributed by atoms with Crippen molar-refractivity contribution in [2.45, 2.75) is 101 Å². The molecule has 2 N–H and O–H groups in total. The summed E-state index contributed by atoms with van der Waals surface area (Å²) in [7, 11) is 0. The number of nitrogens with one attached hydrogen (secondary N) is 2. The third-order valence-electron chi connectivity index (χ3n) is 5.43. The molecule has 1 aromatic heterocycles. The van der Waals surface area contributed by atoms with Gasteiger partial charge >= 0.3 is 18.0 Å². The van der Waals surface area contributed by atoms with Crippen LogP contribution in [0.4, 0.5) is 4.79 Å². The van der Waals surface area contributed by atoms with Crippen molar-refractivity contribution in [3.8, 4) is 0 Å². The first-order valence-electron chi connectivity index (χ1n) is 11.4. The van der Waals surface area contributed by atoms with Gasteiger partial charge in [-0.25, -0.2) is 9.59 Å². The molecule has 0 aromatic carbocycles. The van der Waals surface area contributed by atoms with E-state index in [1.165, 1.54) is 11.8 Å². The van der Waals surface area contributed by atoms with Crippen LogP contribution in [0, 0.1) is 17.8 Å². The molecule has 3 rings (SSSR count). The molecule has 1 amide bonds. The Hall–Kier alpha value is -2.30. The number of alkyl carbamates (subject to hydrolysis) is 1. The molecule has 2 aliphatic rings. The molecule has 5 atom stereocenters. The maximum absolute atomic E-state index is 13.6. The Kier molecular flexibility index (Phi) is 6.75. The minimum Gasteiger partial charge on any atom is -0.460 e. The second-order valence-electron chi connectivity index (χ2n) is 11.9. The minimum atomic E-state index is -1.44. The number of H-pyrrole nitrogens is 1. The summed E-state index contributed by atoms with van der Waals surface area (Å²) in [4.78, 5) is 39.7. The number of carbonyl (C=O) groups excluding carboxylic acids is 3. The van der Waals surface area contributed by atoms with Crippen LogP contribution in [0.15, 0.2) is 11.2 Å². The summed E-state index contributed by atoms with van der Waals surface area (Å²) in [5, 5.41) is 13.8. The molecule has 0 aliphatic heterocycles. The molecule has 2 fully saturated rings. The Morgan fingerprint density at radius 3 is 2.09 bits per heavy atom. The highest BCUT2D eigenvalue weighted by molar-refractivity contribution is 7.99. The van der Waals surface area contributed by atoms with Crippen LogP contribution in [-0.4, -0.2) is 61.0 Å². The van der Waals surface area contributed by atoms with Gasteiger partial charge in [0.2, 0.25) is 0 Å². The SMILES string of the molecule is CC(C)(C)OC(=O)N[C@@]1(C(=O)OC(C)(C)C)C[C@@H](Sc2cn[nH]n2)[C@H]2[C@H](C(=O)OC(C)(C)C)[C@H]21. The zero-order valence-electron chi connectivity index (χ0n) is 21.3. The maximum Gasteiger partial charge on any atom is 0.408 e. The van der Waals surface area contributed by atoms with Crippen molar-refractivity contribution in [3.63, 3.8) is 0 Å². The third-order valence-corrected chi connectivity index (χ3v) is 6.65. The predicted octanol–water partition coefficient (Wildman–Crippen LogP) is 3.48. The van der Waals surface area contributed by atoms with Crippen LogP contribution in [0.2, 0.25) is 0 Å². The number of esters is 2. The average molecular weight is 497 g/mol. The minimum absolute atomic E-state index is 0.199. The van der Waals surface area contributed by atoms with Gasteiger partial charge in [-0.15, -0.1) is 5.10 Å². The standard InChI is InChI=1S/C23H36N4O6S/c1-20(2,3)31-17(28)15-14-12(34-13-11-24-27-26-13)10-23(16(14)15,18(29)32-21(4,5)6)25-19(30)33-22(7,8)9/h11-12,14-16H,10H2,1-9H3,(H,25,30)(H,24,26,27)/t12-,14+,15+,16+,23+/m1/s1. The highest BCUT2D eigenvalue weighted by Crippen LogP contribution is 2.66. The second kappa shape index (κ2) is 8.73. The van der Waals surface area contributed by atoms with Gasteiger partial charge in [0.1, 0.15) is 27.4 Å². The lowest BCUT2D eigenvalue weighted by molar-refractivity contribution is -0.165.